The molecule has 1 aromatic carbocycles. The van der Waals surface area contributed by atoms with Crippen LogP contribution in [0.25, 0.3) is 0 Å². The number of aromatic nitrogens is 2. The number of carbonyl (C=O) groups is 1. The molecule has 0 saturated heterocycles. The number of hydrogen-bond donors (Lipinski definition) is 2. The average Bonchev–Trinajstić information content (AvgIpc) is 2.71. The summed E-state index contributed by atoms with van der Waals surface area (Å²) in [5, 5.41) is 6.14. The molecule has 0 aliphatic carbocycles. The maximum atomic E-state index is 12.4. The van der Waals surface area contributed by atoms with Crippen LogP contribution in [0.1, 0.15) is 21.6 Å². The molecule has 2 heterocycles. The molecule has 0 bridgehead atoms. The molecule has 3 aromatic rings. The van der Waals surface area contributed by atoms with Crippen LogP contribution in [0.3, 0.4) is 0 Å². The van der Waals surface area contributed by atoms with Crippen LogP contribution >= 0.6 is 0 Å². The number of amides is 1. The number of rotatable bonds is 7. The Morgan fingerprint density at radius 2 is 1.96 bits per heavy atom. The number of anilines is 1. The minimum Gasteiger partial charge on any atom is -0.496 e. The topological polar surface area (TPSA) is 76.1 Å². The van der Waals surface area contributed by atoms with Gasteiger partial charge in [-0.25, -0.2) is 0 Å². The summed E-state index contributed by atoms with van der Waals surface area (Å²) in [4.78, 5) is 20.6. The highest BCUT2D eigenvalue weighted by Gasteiger charge is 2.09. The molecule has 0 atom stereocenters. The molecule has 0 radical (unpaired) electrons. The monoisotopic (exact) mass is 348 g/mol. The van der Waals surface area contributed by atoms with Gasteiger partial charge in [-0.2, -0.15) is 0 Å². The van der Waals surface area contributed by atoms with Gasteiger partial charge in [0.2, 0.25) is 0 Å². The molecule has 0 fully saturated rings. The molecular formula is C20H20N4O2. The Kier molecular flexibility index (Phi) is 5.77. The molecule has 0 aliphatic heterocycles. The van der Waals surface area contributed by atoms with Crippen molar-refractivity contribution in [1.29, 1.82) is 0 Å². The highest BCUT2D eigenvalue weighted by molar-refractivity contribution is 5.93. The van der Waals surface area contributed by atoms with E-state index in [1.165, 1.54) is 0 Å². The summed E-state index contributed by atoms with van der Waals surface area (Å²) in [6, 6.07) is 15.0. The van der Waals surface area contributed by atoms with E-state index in [1.54, 1.807) is 31.8 Å². The first-order chi connectivity index (χ1) is 12.8. The molecule has 2 N–H and O–H groups in total. The van der Waals surface area contributed by atoms with E-state index in [2.05, 4.69) is 20.6 Å². The van der Waals surface area contributed by atoms with Crippen LogP contribution in [0.2, 0.25) is 0 Å². The smallest absolute Gasteiger partial charge is 0.270 e. The SMILES string of the molecule is COc1ccccc1CNC(=O)c1cc(NCc2cccnc2)ccn1. The van der Waals surface area contributed by atoms with Crippen LogP contribution in [0, 0.1) is 0 Å². The Balaban J connectivity index is 1.61. The van der Waals surface area contributed by atoms with E-state index in [4.69, 9.17) is 4.74 Å². The normalized spacial score (nSPS) is 10.2. The number of para-hydroxylation sites is 1. The molecule has 132 valence electrons. The molecular weight excluding hydrogens is 328 g/mol. The van der Waals surface area contributed by atoms with Gasteiger partial charge in [0.05, 0.1) is 7.11 Å². The van der Waals surface area contributed by atoms with E-state index < -0.39 is 0 Å². The molecule has 0 spiro atoms. The van der Waals surface area contributed by atoms with E-state index in [1.807, 2.05) is 42.5 Å². The van der Waals surface area contributed by atoms with Gasteiger partial charge >= 0.3 is 0 Å². The van der Waals surface area contributed by atoms with Crippen LogP contribution in [-0.4, -0.2) is 23.0 Å². The van der Waals surface area contributed by atoms with Gasteiger partial charge in [0.1, 0.15) is 11.4 Å². The number of nitrogens with one attached hydrogen (secondary N) is 2. The Morgan fingerprint density at radius 1 is 1.08 bits per heavy atom. The fourth-order valence-electron chi connectivity index (χ4n) is 2.49. The Bertz CT molecular complexity index is 868. The van der Waals surface area contributed by atoms with Crippen LogP contribution in [-0.2, 0) is 13.1 Å². The van der Waals surface area contributed by atoms with Gasteiger partial charge in [0, 0.05) is 42.9 Å². The first-order valence-corrected chi connectivity index (χ1v) is 8.25. The third-order valence-electron chi connectivity index (χ3n) is 3.84. The van der Waals surface area contributed by atoms with Crippen molar-refractivity contribution in [2.75, 3.05) is 12.4 Å². The average molecular weight is 348 g/mol. The summed E-state index contributed by atoms with van der Waals surface area (Å²) in [5.74, 6) is 0.508. The van der Waals surface area contributed by atoms with Gasteiger partial charge in [0.15, 0.2) is 0 Å². The van der Waals surface area contributed by atoms with Gasteiger partial charge in [-0.05, 0) is 29.8 Å². The molecule has 0 aliphatic rings. The van der Waals surface area contributed by atoms with Crippen molar-refractivity contribution in [1.82, 2.24) is 15.3 Å². The second-order valence-corrected chi connectivity index (χ2v) is 5.64. The van der Waals surface area contributed by atoms with Crippen LogP contribution < -0.4 is 15.4 Å². The molecule has 3 rings (SSSR count). The Labute approximate surface area is 152 Å². The molecule has 1 amide bonds. The van der Waals surface area contributed by atoms with E-state index >= 15 is 0 Å². The van der Waals surface area contributed by atoms with Gasteiger partial charge in [0.25, 0.3) is 5.91 Å². The second kappa shape index (κ2) is 8.62. The summed E-state index contributed by atoms with van der Waals surface area (Å²) in [5.41, 5.74) is 3.16. The lowest BCUT2D eigenvalue weighted by atomic mass is 10.2. The van der Waals surface area contributed by atoms with Gasteiger partial charge < -0.3 is 15.4 Å². The van der Waals surface area contributed by atoms with Crippen LogP contribution in [0.15, 0.2) is 67.1 Å². The maximum absolute atomic E-state index is 12.4. The summed E-state index contributed by atoms with van der Waals surface area (Å²) in [6.07, 6.45) is 5.15. The zero-order chi connectivity index (χ0) is 18.2. The lowest BCUT2D eigenvalue weighted by molar-refractivity contribution is 0.0945. The lowest BCUT2D eigenvalue weighted by Gasteiger charge is -2.10. The highest BCUT2D eigenvalue weighted by atomic mass is 16.5. The van der Waals surface area contributed by atoms with Gasteiger partial charge in [-0.3, -0.25) is 14.8 Å². The van der Waals surface area contributed by atoms with Gasteiger partial charge in [-0.1, -0.05) is 24.3 Å². The molecule has 6 heteroatoms. The third-order valence-corrected chi connectivity index (χ3v) is 3.84. The van der Waals surface area contributed by atoms with E-state index in [-0.39, 0.29) is 5.91 Å². The second-order valence-electron chi connectivity index (χ2n) is 5.64. The molecule has 0 unspecified atom stereocenters. The van der Waals surface area contributed by atoms with Crippen molar-refractivity contribution in [3.63, 3.8) is 0 Å². The fraction of sp³-hybridized carbons (Fsp3) is 0.150. The van der Waals surface area contributed by atoms with Crippen molar-refractivity contribution < 1.29 is 9.53 Å². The largest absolute Gasteiger partial charge is 0.496 e. The fourth-order valence-corrected chi connectivity index (χ4v) is 2.49. The number of benzene rings is 1. The van der Waals surface area contributed by atoms with Crippen molar-refractivity contribution in [3.8, 4) is 5.75 Å². The van der Waals surface area contributed by atoms with E-state index in [9.17, 15) is 4.79 Å². The zero-order valence-electron chi connectivity index (χ0n) is 14.5. The maximum Gasteiger partial charge on any atom is 0.270 e. The quantitative estimate of drug-likeness (QED) is 0.686. The van der Waals surface area contributed by atoms with E-state index in [0.717, 1.165) is 22.6 Å². The summed E-state index contributed by atoms with van der Waals surface area (Å²) < 4.78 is 5.29. The van der Waals surface area contributed by atoms with Crippen molar-refractivity contribution in [2.24, 2.45) is 0 Å². The zero-order valence-corrected chi connectivity index (χ0v) is 14.5. The third kappa shape index (κ3) is 4.57. The number of ether oxygens (including phenoxy) is 1. The van der Waals surface area contributed by atoms with Crippen molar-refractivity contribution >= 4 is 11.6 Å². The standard InChI is InChI=1S/C20H20N4O2/c1-26-19-7-3-2-6-16(19)14-24-20(25)18-11-17(8-10-22-18)23-13-15-5-4-9-21-12-15/h2-12H,13-14H2,1H3,(H,22,23)(H,24,25). The summed E-state index contributed by atoms with van der Waals surface area (Å²) in [7, 11) is 1.61. The first kappa shape index (κ1) is 17.4. The first-order valence-electron chi connectivity index (χ1n) is 8.25. The number of carbonyl (C=O) groups excluding carboxylic acids is 1. The molecule has 26 heavy (non-hydrogen) atoms. The van der Waals surface area contributed by atoms with Crippen LogP contribution in [0.4, 0.5) is 5.69 Å². The number of hydrogen-bond acceptors (Lipinski definition) is 5. The van der Waals surface area contributed by atoms with Gasteiger partial charge in [-0.15, -0.1) is 0 Å². The summed E-state index contributed by atoms with van der Waals surface area (Å²) >= 11 is 0. The number of methoxy groups -OCH3 is 1. The number of pyridine rings is 2. The predicted octanol–water partition coefficient (Wildman–Crippen LogP) is 3.03. The van der Waals surface area contributed by atoms with Crippen molar-refractivity contribution in [2.45, 2.75) is 13.1 Å². The molecule has 2 aromatic heterocycles. The lowest BCUT2D eigenvalue weighted by Crippen LogP contribution is -2.24. The highest BCUT2D eigenvalue weighted by Crippen LogP contribution is 2.17. The Hall–Kier alpha value is -3.41. The van der Waals surface area contributed by atoms with Crippen LogP contribution in [0.5, 0.6) is 5.75 Å². The number of nitrogens with zero attached hydrogens (tertiary/aromatic N) is 2. The predicted molar refractivity (Wildman–Crippen MR) is 100.0 cm³/mol. The molecule has 6 nitrogen and oxygen atoms in total. The Morgan fingerprint density at radius 3 is 2.77 bits per heavy atom. The minimum atomic E-state index is -0.235. The summed E-state index contributed by atoms with van der Waals surface area (Å²) in [6.45, 7) is 0.998. The van der Waals surface area contributed by atoms with Crippen molar-refractivity contribution in [3.05, 3.63) is 83.9 Å². The van der Waals surface area contributed by atoms with E-state index in [0.29, 0.717) is 18.8 Å². The molecule has 0 saturated carbocycles. The minimum absolute atomic E-state index is 0.235.